The van der Waals surface area contributed by atoms with Crippen molar-refractivity contribution < 1.29 is 19.1 Å². The van der Waals surface area contributed by atoms with Crippen LogP contribution in [0.1, 0.15) is 70.6 Å². The topological polar surface area (TPSA) is 59.1 Å². The number of amides is 2. The van der Waals surface area contributed by atoms with Gasteiger partial charge in [-0.05, 0) is 43.9 Å². The summed E-state index contributed by atoms with van der Waals surface area (Å²) in [5, 5.41) is 0. The zero-order valence-corrected chi connectivity index (χ0v) is 19.4. The second-order valence-electron chi connectivity index (χ2n) is 9.60. The van der Waals surface area contributed by atoms with Crippen molar-refractivity contribution in [3.8, 4) is 24.7 Å². The maximum Gasteiger partial charge on any atom is 0.223 e. The number of likely N-dealkylation sites (tertiary alicyclic amines) is 2. The fourth-order valence-corrected chi connectivity index (χ4v) is 5.46. The number of rotatable bonds is 8. The van der Waals surface area contributed by atoms with Gasteiger partial charge >= 0.3 is 0 Å². The van der Waals surface area contributed by atoms with E-state index in [9.17, 15) is 9.59 Å². The largest absolute Gasteiger partial charge is 0.365 e. The molecule has 0 aromatic rings. The van der Waals surface area contributed by atoms with Crippen LogP contribution in [-0.2, 0) is 19.1 Å². The predicted octanol–water partition coefficient (Wildman–Crippen LogP) is 3.00. The van der Waals surface area contributed by atoms with Gasteiger partial charge in [-0.1, -0.05) is 31.1 Å². The third-order valence-electron chi connectivity index (χ3n) is 7.36. The lowest BCUT2D eigenvalue weighted by Gasteiger charge is -2.41. The molecule has 0 unspecified atom stereocenters. The number of hydrogen-bond acceptors (Lipinski definition) is 4. The third-order valence-corrected chi connectivity index (χ3v) is 7.36. The minimum atomic E-state index is -0.194. The van der Waals surface area contributed by atoms with E-state index in [0.29, 0.717) is 52.2 Å². The van der Waals surface area contributed by atoms with Crippen molar-refractivity contribution in [3.63, 3.8) is 0 Å². The van der Waals surface area contributed by atoms with Crippen LogP contribution in [0.15, 0.2) is 0 Å². The van der Waals surface area contributed by atoms with Gasteiger partial charge in [-0.3, -0.25) is 9.59 Å². The first-order valence-electron chi connectivity index (χ1n) is 12.2. The summed E-state index contributed by atoms with van der Waals surface area (Å²) in [6, 6.07) is 0. The molecule has 176 valence electrons. The smallest absolute Gasteiger partial charge is 0.223 e. The standard InChI is InChI=1S/C26H38N2O4/c1-3-18-31-22-8-14-27(15-9-22)24(29)20-26(12-6-5-7-13-26)21-25(30)28-16-10-23(11-17-28)32-19-4-2/h1-2,22-23H,5-21H2. The Morgan fingerprint density at radius 2 is 1.16 bits per heavy atom. The van der Waals surface area contributed by atoms with E-state index in [4.69, 9.17) is 22.3 Å². The lowest BCUT2D eigenvalue weighted by Crippen LogP contribution is -2.46. The number of hydrogen-bond donors (Lipinski definition) is 0. The Morgan fingerprint density at radius 1 is 0.750 bits per heavy atom. The number of nitrogens with zero attached hydrogens (tertiary/aromatic N) is 2. The Labute approximate surface area is 193 Å². The van der Waals surface area contributed by atoms with Gasteiger partial charge in [0, 0.05) is 39.0 Å². The summed E-state index contributed by atoms with van der Waals surface area (Å²) >= 11 is 0. The molecule has 2 aliphatic heterocycles. The molecular weight excluding hydrogens is 404 g/mol. The van der Waals surface area contributed by atoms with E-state index in [2.05, 4.69) is 11.8 Å². The summed E-state index contributed by atoms with van der Waals surface area (Å²) in [7, 11) is 0. The molecule has 0 bridgehead atoms. The van der Waals surface area contributed by atoms with Crippen molar-refractivity contribution in [1.29, 1.82) is 0 Å². The molecule has 1 saturated carbocycles. The Balaban J connectivity index is 1.52. The zero-order chi connectivity index (χ0) is 22.8. The second kappa shape index (κ2) is 12.3. The molecule has 2 amide bonds. The van der Waals surface area contributed by atoms with Gasteiger partial charge in [0.05, 0.1) is 12.2 Å². The lowest BCUT2D eigenvalue weighted by atomic mass is 9.69. The van der Waals surface area contributed by atoms with E-state index in [1.165, 1.54) is 6.42 Å². The molecule has 0 radical (unpaired) electrons. The molecule has 3 aliphatic rings. The number of piperidine rings is 2. The Morgan fingerprint density at radius 3 is 1.53 bits per heavy atom. The van der Waals surface area contributed by atoms with Crippen LogP contribution < -0.4 is 0 Å². The average molecular weight is 443 g/mol. The van der Waals surface area contributed by atoms with E-state index >= 15 is 0 Å². The monoisotopic (exact) mass is 442 g/mol. The summed E-state index contributed by atoms with van der Waals surface area (Å²) < 4.78 is 11.3. The van der Waals surface area contributed by atoms with Crippen molar-refractivity contribution in [1.82, 2.24) is 9.80 Å². The van der Waals surface area contributed by atoms with Gasteiger partial charge in [0.25, 0.3) is 0 Å². The molecular formula is C26H38N2O4. The van der Waals surface area contributed by atoms with Crippen LogP contribution in [0.2, 0.25) is 0 Å². The van der Waals surface area contributed by atoms with Crippen LogP contribution in [-0.4, -0.2) is 73.2 Å². The van der Waals surface area contributed by atoms with Crippen LogP contribution in [0.4, 0.5) is 0 Å². The fraction of sp³-hybridized carbons (Fsp3) is 0.769. The van der Waals surface area contributed by atoms with E-state index in [1.54, 1.807) is 0 Å². The summed E-state index contributed by atoms with van der Waals surface area (Å²) in [6.45, 7) is 3.51. The molecule has 0 aromatic heterocycles. The molecule has 0 atom stereocenters. The first kappa shape index (κ1) is 24.6. The van der Waals surface area contributed by atoms with E-state index in [0.717, 1.165) is 51.4 Å². The maximum atomic E-state index is 13.2. The van der Waals surface area contributed by atoms with Gasteiger partial charge in [0.2, 0.25) is 11.8 Å². The van der Waals surface area contributed by atoms with Crippen molar-refractivity contribution in [3.05, 3.63) is 0 Å². The van der Waals surface area contributed by atoms with Crippen molar-refractivity contribution >= 4 is 11.8 Å². The van der Waals surface area contributed by atoms with E-state index in [1.807, 2.05) is 9.80 Å². The lowest BCUT2D eigenvalue weighted by molar-refractivity contribution is -0.141. The maximum absolute atomic E-state index is 13.2. The number of terminal acetylenes is 2. The average Bonchev–Trinajstić information content (AvgIpc) is 2.82. The first-order chi connectivity index (χ1) is 15.5. The summed E-state index contributed by atoms with van der Waals surface area (Å²) in [5.41, 5.74) is -0.194. The van der Waals surface area contributed by atoms with Crippen LogP contribution in [0.25, 0.3) is 0 Å². The van der Waals surface area contributed by atoms with Gasteiger partial charge in [0.1, 0.15) is 13.2 Å². The van der Waals surface area contributed by atoms with E-state index in [-0.39, 0.29) is 29.4 Å². The normalized spacial score (nSPS) is 22.2. The zero-order valence-electron chi connectivity index (χ0n) is 19.4. The highest BCUT2D eigenvalue weighted by molar-refractivity contribution is 5.80. The van der Waals surface area contributed by atoms with Crippen molar-refractivity contribution in [2.45, 2.75) is 82.8 Å². The highest BCUT2D eigenvalue weighted by atomic mass is 16.5. The highest BCUT2D eigenvalue weighted by Gasteiger charge is 2.39. The summed E-state index contributed by atoms with van der Waals surface area (Å²) in [6.07, 6.45) is 20.5. The van der Waals surface area contributed by atoms with Crippen molar-refractivity contribution in [2.24, 2.45) is 5.41 Å². The van der Waals surface area contributed by atoms with Gasteiger partial charge in [-0.25, -0.2) is 0 Å². The van der Waals surface area contributed by atoms with Gasteiger partial charge in [0.15, 0.2) is 0 Å². The molecule has 0 spiro atoms. The molecule has 6 heteroatoms. The van der Waals surface area contributed by atoms with Gasteiger partial charge in [-0.2, -0.15) is 0 Å². The SMILES string of the molecule is C#CCOC1CCN(C(=O)CC2(CC(=O)N3CCC(OCC#C)CC3)CCCCC2)CC1. The second-order valence-corrected chi connectivity index (χ2v) is 9.60. The Bertz CT molecular complexity index is 646. The quantitative estimate of drug-likeness (QED) is 0.542. The number of carbonyl (C=O) groups is 2. The fourth-order valence-electron chi connectivity index (χ4n) is 5.46. The molecule has 0 N–H and O–H groups in total. The molecule has 3 rings (SSSR count). The van der Waals surface area contributed by atoms with Crippen LogP contribution in [0.5, 0.6) is 0 Å². The van der Waals surface area contributed by atoms with Crippen LogP contribution in [0.3, 0.4) is 0 Å². The first-order valence-corrected chi connectivity index (χ1v) is 12.2. The molecule has 1 aliphatic carbocycles. The molecule has 6 nitrogen and oxygen atoms in total. The molecule has 0 aromatic carbocycles. The van der Waals surface area contributed by atoms with Crippen molar-refractivity contribution in [2.75, 3.05) is 39.4 Å². The minimum absolute atomic E-state index is 0.146. The minimum Gasteiger partial charge on any atom is -0.365 e. The third kappa shape index (κ3) is 6.99. The molecule has 32 heavy (non-hydrogen) atoms. The van der Waals surface area contributed by atoms with Gasteiger partial charge in [-0.15, -0.1) is 12.8 Å². The molecule has 3 fully saturated rings. The number of carbonyl (C=O) groups excluding carboxylic acids is 2. The van der Waals surface area contributed by atoms with Gasteiger partial charge < -0.3 is 19.3 Å². The summed E-state index contributed by atoms with van der Waals surface area (Å²) in [5.74, 6) is 5.40. The van der Waals surface area contributed by atoms with E-state index < -0.39 is 0 Å². The molecule has 2 saturated heterocycles. The Kier molecular flexibility index (Phi) is 9.45. The predicted molar refractivity (Wildman–Crippen MR) is 124 cm³/mol. The van der Waals surface area contributed by atoms with Crippen LogP contribution in [0, 0.1) is 30.1 Å². The molecule has 2 heterocycles. The Hall–Kier alpha value is -2.02. The number of ether oxygens (including phenoxy) is 2. The highest BCUT2D eigenvalue weighted by Crippen LogP contribution is 2.43. The summed E-state index contributed by atoms with van der Waals surface area (Å²) in [4.78, 5) is 30.3. The van der Waals surface area contributed by atoms with Crippen LogP contribution >= 0.6 is 0 Å².